The fraction of sp³-hybridized carbons (Fsp3) is 0.381. The molecule has 0 unspecified atom stereocenters. The average Bonchev–Trinajstić information content (AvgIpc) is 3.28. The Morgan fingerprint density at radius 3 is 2.52 bits per heavy atom. The number of aryl methyl sites for hydroxylation is 3. The first kappa shape index (κ1) is 18.4. The summed E-state index contributed by atoms with van der Waals surface area (Å²) in [6.45, 7) is 8.02. The highest BCUT2D eigenvalue weighted by molar-refractivity contribution is 7.98. The van der Waals surface area contributed by atoms with E-state index >= 15 is 0 Å². The lowest BCUT2D eigenvalue weighted by molar-refractivity contribution is 0.0793. The molecule has 0 saturated carbocycles. The molecule has 0 atom stereocenters. The molecule has 4 nitrogen and oxygen atoms in total. The number of carbonyl (C=O) groups excluding carboxylic acids is 1. The largest absolute Gasteiger partial charge is 0.339 e. The molecule has 0 spiro atoms. The van der Waals surface area contributed by atoms with Crippen LogP contribution in [-0.2, 0) is 5.75 Å². The molecule has 1 aliphatic heterocycles. The molecular weight excluding hydrogens is 374 g/mol. The Morgan fingerprint density at radius 2 is 1.81 bits per heavy atom. The average molecular weight is 398 g/mol. The molecule has 3 aromatic rings. The number of thiophene rings is 1. The monoisotopic (exact) mass is 397 g/mol. The lowest BCUT2D eigenvalue weighted by Gasteiger charge is -2.15. The number of aromatic nitrogens is 2. The highest BCUT2D eigenvalue weighted by Gasteiger charge is 2.19. The van der Waals surface area contributed by atoms with Gasteiger partial charge in [0, 0.05) is 34.7 Å². The Morgan fingerprint density at radius 1 is 1.11 bits per heavy atom. The number of benzene rings is 1. The predicted octanol–water partition coefficient (Wildman–Crippen LogP) is 5.14. The predicted molar refractivity (Wildman–Crippen MR) is 113 cm³/mol. The molecule has 0 radical (unpaired) electrons. The summed E-state index contributed by atoms with van der Waals surface area (Å²) in [7, 11) is 0. The number of likely N-dealkylation sites (tertiary alicyclic amines) is 1. The Balaban J connectivity index is 1.50. The first-order valence-corrected chi connectivity index (χ1v) is 11.1. The van der Waals surface area contributed by atoms with Gasteiger partial charge in [-0.15, -0.1) is 23.1 Å². The van der Waals surface area contributed by atoms with Crippen molar-refractivity contribution in [3.8, 4) is 0 Å². The number of amides is 1. The van der Waals surface area contributed by atoms with Crippen LogP contribution in [0.25, 0.3) is 10.2 Å². The quantitative estimate of drug-likeness (QED) is 0.451. The third-order valence-corrected chi connectivity index (χ3v) is 7.22. The summed E-state index contributed by atoms with van der Waals surface area (Å²) in [5.74, 6) is 1.81. The van der Waals surface area contributed by atoms with E-state index in [0.29, 0.717) is 0 Å². The van der Waals surface area contributed by atoms with Crippen molar-refractivity contribution in [1.29, 1.82) is 0 Å². The van der Waals surface area contributed by atoms with Gasteiger partial charge < -0.3 is 4.90 Å². The number of fused-ring (bicyclic) bond motifs is 1. The topological polar surface area (TPSA) is 46.1 Å². The van der Waals surface area contributed by atoms with Gasteiger partial charge in [-0.3, -0.25) is 4.79 Å². The number of nitrogens with zero attached hydrogens (tertiary/aromatic N) is 3. The van der Waals surface area contributed by atoms with E-state index in [0.717, 1.165) is 52.9 Å². The van der Waals surface area contributed by atoms with Gasteiger partial charge in [0.15, 0.2) is 0 Å². The molecule has 3 heterocycles. The van der Waals surface area contributed by atoms with E-state index in [1.165, 1.54) is 21.4 Å². The Bertz CT molecular complexity index is 989. The van der Waals surface area contributed by atoms with E-state index in [4.69, 9.17) is 0 Å². The standard InChI is InChI=1S/C21H23N3OS2/c1-13-14(2)27-20-18(13)19(22-15(3)23-20)26-12-16-6-8-17(9-7-16)21(25)24-10-4-5-11-24/h6-9H,4-5,10-12H2,1-3H3. The van der Waals surface area contributed by atoms with Crippen LogP contribution in [0.3, 0.4) is 0 Å². The maximum Gasteiger partial charge on any atom is 0.253 e. The Labute approximate surface area is 168 Å². The van der Waals surface area contributed by atoms with Crippen molar-refractivity contribution in [1.82, 2.24) is 14.9 Å². The van der Waals surface area contributed by atoms with E-state index < -0.39 is 0 Å². The van der Waals surface area contributed by atoms with Gasteiger partial charge in [-0.25, -0.2) is 9.97 Å². The Hall–Kier alpha value is -1.92. The van der Waals surface area contributed by atoms with Crippen molar-refractivity contribution in [3.63, 3.8) is 0 Å². The zero-order valence-corrected chi connectivity index (χ0v) is 17.5. The number of rotatable bonds is 4. The van der Waals surface area contributed by atoms with Gasteiger partial charge in [0.05, 0.1) is 0 Å². The first-order chi connectivity index (χ1) is 13.0. The van der Waals surface area contributed by atoms with Crippen LogP contribution < -0.4 is 0 Å². The SMILES string of the molecule is Cc1nc(SCc2ccc(C(=O)N3CCCC3)cc2)c2c(C)c(C)sc2n1. The minimum absolute atomic E-state index is 0.157. The van der Waals surface area contributed by atoms with Gasteiger partial charge in [-0.1, -0.05) is 12.1 Å². The van der Waals surface area contributed by atoms with Gasteiger partial charge >= 0.3 is 0 Å². The molecule has 1 amide bonds. The molecule has 6 heteroatoms. The molecule has 1 fully saturated rings. The van der Waals surface area contributed by atoms with Crippen molar-refractivity contribution in [2.45, 2.75) is 44.4 Å². The second-order valence-electron chi connectivity index (χ2n) is 7.02. The fourth-order valence-corrected chi connectivity index (χ4v) is 5.64. The molecule has 4 rings (SSSR count). The van der Waals surface area contributed by atoms with Gasteiger partial charge in [0.1, 0.15) is 15.7 Å². The van der Waals surface area contributed by atoms with Crippen molar-refractivity contribution < 1.29 is 4.79 Å². The van der Waals surface area contributed by atoms with E-state index in [-0.39, 0.29) is 5.91 Å². The summed E-state index contributed by atoms with van der Waals surface area (Å²) in [5, 5.41) is 2.24. The highest BCUT2D eigenvalue weighted by Crippen LogP contribution is 2.36. The van der Waals surface area contributed by atoms with Crippen LogP contribution in [0.15, 0.2) is 29.3 Å². The van der Waals surface area contributed by atoms with Crippen LogP contribution >= 0.6 is 23.1 Å². The van der Waals surface area contributed by atoms with Crippen molar-refractivity contribution >= 4 is 39.2 Å². The lowest BCUT2D eigenvalue weighted by Crippen LogP contribution is -2.27. The van der Waals surface area contributed by atoms with Gasteiger partial charge in [-0.05, 0) is 56.9 Å². The molecule has 1 saturated heterocycles. The number of thioether (sulfide) groups is 1. The third kappa shape index (κ3) is 3.73. The maximum absolute atomic E-state index is 12.5. The minimum Gasteiger partial charge on any atom is -0.339 e. The van der Waals surface area contributed by atoms with E-state index in [2.05, 4.69) is 35.9 Å². The number of hydrogen-bond acceptors (Lipinski definition) is 5. The summed E-state index contributed by atoms with van der Waals surface area (Å²) < 4.78 is 0. The zero-order chi connectivity index (χ0) is 19.0. The smallest absolute Gasteiger partial charge is 0.253 e. The van der Waals surface area contributed by atoms with Crippen LogP contribution in [0, 0.1) is 20.8 Å². The summed E-state index contributed by atoms with van der Waals surface area (Å²) >= 11 is 3.48. The molecule has 0 bridgehead atoms. The lowest BCUT2D eigenvalue weighted by atomic mass is 10.1. The van der Waals surface area contributed by atoms with Gasteiger partial charge in [0.25, 0.3) is 5.91 Å². The van der Waals surface area contributed by atoms with Crippen molar-refractivity contribution in [2.24, 2.45) is 0 Å². The van der Waals surface area contributed by atoms with Crippen LogP contribution in [-0.4, -0.2) is 33.9 Å². The number of carbonyl (C=O) groups is 1. The van der Waals surface area contributed by atoms with Crippen LogP contribution in [0.2, 0.25) is 0 Å². The first-order valence-electron chi connectivity index (χ1n) is 9.28. The second kappa shape index (κ2) is 7.60. The minimum atomic E-state index is 0.157. The fourth-order valence-electron chi connectivity index (χ4n) is 3.42. The van der Waals surface area contributed by atoms with E-state index in [1.807, 2.05) is 24.0 Å². The summed E-state index contributed by atoms with van der Waals surface area (Å²) in [6.07, 6.45) is 2.24. The maximum atomic E-state index is 12.5. The molecule has 1 aromatic carbocycles. The highest BCUT2D eigenvalue weighted by atomic mass is 32.2. The van der Waals surface area contributed by atoms with Crippen LogP contribution in [0.1, 0.15) is 45.0 Å². The molecule has 2 aromatic heterocycles. The van der Waals surface area contributed by atoms with Crippen molar-refractivity contribution in [3.05, 3.63) is 51.7 Å². The van der Waals surface area contributed by atoms with Gasteiger partial charge in [-0.2, -0.15) is 0 Å². The third-order valence-electron chi connectivity index (χ3n) is 5.08. The summed E-state index contributed by atoms with van der Waals surface area (Å²) in [4.78, 5) is 26.1. The summed E-state index contributed by atoms with van der Waals surface area (Å²) in [6, 6.07) is 8.04. The normalized spacial score (nSPS) is 14.3. The summed E-state index contributed by atoms with van der Waals surface area (Å²) in [5.41, 5.74) is 3.27. The van der Waals surface area contributed by atoms with Crippen LogP contribution in [0.4, 0.5) is 0 Å². The zero-order valence-electron chi connectivity index (χ0n) is 15.9. The Kier molecular flexibility index (Phi) is 5.19. The molecule has 0 aliphatic carbocycles. The molecule has 0 N–H and O–H groups in total. The van der Waals surface area contributed by atoms with E-state index in [9.17, 15) is 4.79 Å². The molecule has 27 heavy (non-hydrogen) atoms. The second-order valence-corrected chi connectivity index (χ2v) is 9.19. The van der Waals surface area contributed by atoms with Crippen LogP contribution in [0.5, 0.6) is 0 Å². The molecular formula is C21H23N3OS2. The molecule has 140 valence electrons. The van der Waals surface area contributed by atoms with Gasteiger partial charge in [0.2, 0.25) is 0 Å². The molecule has 1 aliphatic rings. The van der Waals surface area contributed by atoms with Crippen molar-refractivity contribution in [2.75, 3.05) is 13.1 Å². The number of hydrogen-bond donors (Lipinski definition) is 0. The van der Waals surface area contributed by atoms with E-state index in [1.54, 1.807) is 23.1 Å².